The van der Waals surface area contributed by atoms with Crippen molar-refractivity contribution in [3.8, 4) is 0 Å². The molecule has 1 aliphatic heterocycles. The summed E-state index contributed by atoms with van der Waals surface area (Å²) < 4.78 is 10.6. The van der Waals surface area contributed by atoms with Crippen molar-refractivity contribution in [1.82, 2.24) is 5.43 Å². The standard InChI is InChI=1S/C14H16N2O5/c1-14(20-6-7-21-14)8-12(17)16-15-9-10-4-2-3-5-11(10)13(18)19/h2-5,9H,6-8H2,1H3,(H,16,17)(H,18,19)/b15-9-. The van der Waals surface area contributed by atoms with E-state index in [1.807, 2.05) is 0 Å². The Hall–Kier alpha value is -2.25. The number of carboxylic acid groups (broad SMARTS) is 1. The number of carbonyl (C=O) groups is 2. The third-order valence-corrected chi connectivity index (χ3v) is 2.96. The Morgan fingerprint density at radius 2 is 2.05 bits per heavy atom. The van der Waals surface area contributed by atoms with Crippen molar-refractivity contribution in [3.05, 3.63) is 35.4 Å². The molecule has 2 rings (SSSR count). The Kier molecular flexibility index (Phi) is 4.66. The van der Waals surface area contributed by atoms with E-state index in [0.717, 1.165) is 0 Å². The maximum Gasteiger partial charge on any atom is 0.336 e. The maximum atomic E-state index is 11.7. The predicted molar refractivity (Wildman–Crippen MR) is 74.1 cm³/mol. The smallest absolute Gasteiger partial charge is 0.336 e. The number of amides is 1. The maximum absolute atomic E-state index is 11.7. The zero-order valence-electron chi connectivity index (χ0n) is 11.5. The van der Waals surface area contributed by atoms with E-state index in [-0.39, 0.29) is 17.9 Å². The Morgan fingerprint density at radius 1 is 1.38 bits per heavy atom. The number of hydrogen-bond acceptors (Lipinski definition) is 5. The number of hydrazone groups is 1. The fraction of sp³-hybridized carbons (Fsp3) is 0.357. The van der Waals surface area contributed by atoms with Crippen molar-refractivity contribution >= 4 is 18.1 Å². The summed E-state index contributed by atoms with van der Waals surface area (Å²) in [6, 6.07) is 6.38. The molecule has 0 saturated carbocycles. The van der Waals surface area contributed by atoms with Crippen LogP contribution >= 0.6 is 0 Å². The highest BCUT2D eigenvalue weighted by Gasteiger charge is 2.33. The van der Waals surface area contributed by atoms with Gasteiger partial charge in [-0.2, -0.15) is 5.10 Å². The molecule has 0 aromatic heterocycles. The number of ether oxygens (including phenoxy) is 2. The van der Waals surface area contributed by atoms with Crippen LogP contribution in [0.2, 0.25) is 0 Å². The summed E-state index contributed by atoms with van der Waals surface area (Å²) >= 11 is 0. The van der Waals surface area contributed by atoms with Gasteiger partial charge in [0.15, 0.2) is 5.79 Å². The first kappa shape index (κ1) is 15.1. The van der Waals surface area contributed by atoms with E-state index < -0.39 is 11.8 Å². The van der Waals surface area contributed by atoms with Gasteiger partial charge in [0.05, 0.1) is 31.4 Å². The van der Waals surface area contributed by atoms with Gasteiger partial charge in [-0.3, -0.25) is 4.79 Å². The lowest BCUT2D eigenvalue weighted by Crippen LogP contribution is -2.33. The SMILES string of the molecule is CC1(CC(=O)N/N=C\c2ccccc2C(=O)O)OCCO1. The highest BCUT2D eigenvalue weighted by Crippen LogP contribution is 2.22. The molecule has 0 spiro atoms. The molecule has 21 heavy (non-hydrogen) atoms. The van der Waals surface area contributed by atoms with E-state index in [1.54, 1.807) is 25.1 Å². The molecular formula is C14H16N2O5. The van der Waals surface area contributed by atoms with E-state index in [1.165, 1.54) is 12.3 Å². The largest absolute Gasteiger partial charge is 0.478 e. The van der Waals surface area contributed by atoms with Crippen LogP contribution in [0.1, 0.15) is 29.3 Å². The molecule has 1 saturated heterocycles. The van der Waals surface area contributed by atoms with Gasteiger partial charge in [-0.1, -0.05) is 18.2 Å². The summed E-state index contributed by atoms with van der Waals surface area (Å²) in [6.45, 7) is 2.60. The lowest BCUT2D eigenvalue weighted by molar-refractivity contribution is -0.159. The quantitative estimate of drug-likeness (QED) is 0.623. The van der Waals surface area contributed by atoms with Crippen LogP contribution < -0.4 is 5.43 Å². The third-order valence-electron chi connectivity index (χ3n) is 2.96. The molecule has 1 aromatic carbocycles. The van der Waals surface area contributed by atoms with Gasteiger partial charge in [-0.15, -0.1) is 0 Å². The van der Waals surface area contributed by atoms with Crippen LogP contribution in [0.25, 0.3) is 0 Å². The average Bonchev–Trinajstić information content (AvgIpc) is 2.85. The number of rotatable bonds is 5. The molecule has 0 radical (unpaired) electrons. The summed E-state index contributed by atoms with van der Waals surface area (Å²) in [6.07, 6.45) is 1.31. The molecule has 0 aliphatic carbocycles. The number of benzene rings is 1. The normalized spacial score (nSPS) is 17.0. The molecule has 112 valence electrons. The first-order chi connectivity index (χ1) is 10.0. The first-order valence-corrected chi connectivity index (χ1v) is 6.42. The summed E-state index contributed by atoms with van der Waals surface area (Å²) in [5.74, 6) is -2.34. The molecule has 0 unspecified atom stereocenters. The van der Waals surface area contributed by atoms with Crippen LogP contribution in [0, 0.1) is 0 Å². The highest BCUT2D eigenvalue weighted by atomic mass is 16.7. The summed E-state index contributed by atoms with van der Waals surface area (Å²) in [5, 5.41) is 12.8. The fourth-order valence-electron chi connectivity index (χ4n) is 1.97. The molecular weight excluding hydrogens is 276 g/mol. The zero-order valence-corrected chi connectivity index (χ0v) is 11.5. The Balaban J connectivity index is 1.93. The van der Waals surface area contributed by atoms with Gasteiger partial charge < -0.3 is 14.6 Å². The van der Waals surface area contributed by atoms with Crippen molar-refractivity contribution in [2.24, 2.45) is 5.10 Å². The van der Waals surface area contributed by atoms with Crippen molar-refractivity contribution in [3.63, 3.8) is 0 Å². The number of nitrogens with zero attached hydrogens (tertiary/aromatic N) is 1. The van der Waals surface area contributed by atoms with E-state index in [4.69, 9.17) is 14.6 Å². The molecule has 1 aliphatic rings. The van der Waals surface area contributed by atoms with Gasteiger partial charge in [-0.25, -0.2) is 10.2 Å². The number of carbonyl (C=O) groups excluding carboxylic acids is 1. The van der Waals surface area contributed by atoms with Crippen molar-refractivity contribution < 1.29 is 24.2 Å². The van der Waals surface area contributed by atoms with E-state index >= 15 is 0 Å². The van der Waals surface area contributed by atoms with Gasteiger partial charge in [-0.05, 0) is 13.0 Å². The van der Waals surface area contributed by atoms with Gasteiger partial charge >= 0.3 is 5.97 Å². The Bertz CT molecular complexity index is 564. The summed E-state index contributed by atoms with van der Waals surface area (Å²) in [4.78, 5) is 22.7. The van der Waals surface area contributed by atoms with Gasteiger partial charge in [0.1, 0.15) is 0 Å². The molecule has 0 atom stereocenters. The van der Waals surface area contributed by atoms with Crippen LogP contribution in [0.5, 0.6) is 0 Å². The molecule has 7 heteroatoms. The highest BCUT2D eigenvalue weighted by molar-refractivity contribution is 5.98. The molecule has 1 fully saturated rings. The van der Waals surface area contributed by atoms with Crippen molar-refractivity contribution in [2.45, 2.75) is 19.1 Å². The lowest BCUT2D eigenvalue weighted by Gasteiger charge is -2.20. The summed E-state index contributed by atoms with van der Waals surface area (Å²) in [5.41, 5.74) is 2.85. The van der Waals surface area contributed by atoms with Crippen LogP contribution in [0.4, 0.5) is 0 Å². The Morgan fingerprint density at radius 3 is 2.71 bits per heavy atom. The molecule has 2 N–H and O–H groups in total. The number of hydrogen-bond donors (Lipinski definition) is 2. The minimum atomic E-state index is -1.05. The predicted octanol–water partition coefficient (Wildman–Crippen LogP) is 0.988. The Labute approximate surface area is 121 Å². The topological polar surface area (TPSA) is 97.2 Å². The van der Waals surface area contributed by atoms with Gasteiger partial charge in [0.25, 0.3) is 0 Å². The number of nitrogens with one attached hydrogen (secondary N) is 1. The zero-order chi connectivity index (χ0) is 15.3. The third kappa shape index (κ3) is 4.11. The van der Waals surface area contributed by atoms with Gasteiger partial charge in [0, 0.05) is 5.56 Å². The van der Waals surface area contributed by atoms with E-state index in [2.05, 4.69) is 10.5 Å². The lowest BCUT2D eigenvalue weighted by atomic mass is 10.1. The molecule has 1 aromatic rings. The number of carboxylic acids is 1. The minimum Gasteiger partial charge on any atom is -0.478 e. The second-order valence-corrected chi connectivity index (χ2v) is 4.69. The fourth-order valence-corrected chi connectivity index (χ4v) is 1.97. The van der Waals surface area contributed by atoms with Gasteiger partial charge in [0.2, 0.25) is 5.91 Å². The van der Waals surface area contributed by atoms with Crippen LogP contribution in [0.3, 0.4) is 0 Å². The van der Waals surface area contributed by atoms with E-state index in [9.17, 15) is 9.59 Å². The second kappa shape index (κ2) is 6.47. The minimum absolute atomic E-state index is 0.0188. The van der Waals surface area contributed by atoms with E-state index in [0.29, 0.717) is 18.8 Å². The van der Waals surface area contributed by atoms with Crippen LogP contribution in [-0.2, 0) is 14.3 Å². The second-order valence-electron chi connectivity index (χ2n) is 4.69. The first-order valence-electron chi connectivity index (χ1n) is 6.42. The number of aromatic carboxylic acids is 1. The monoisotopic (exact) mass is 292 g/mol. The summed E-state index contributed by atoms with van der Waals surface area (Å²) in [7, 11) is 0. The van der Waals surface area contributed by atoms with Crippen LogP contribution in [-0.4, -0.2) is 42.2 Å². The van der Waals surface area contributed by atoms with Crippen molar-refractivity contribution in [1.29, 1.82) is 0 Å². The molecule has 7 nitrogen and oxygen atoms in total. The van der Waals surface area contributed by atoms with Crippen molar-refractivity contribution in [2.75, 3.05) is 13.2 Å². The molecule has 0 bridgehead atoms. The van der Waals surface area contributed by atoms with Crippen LogP contribution in [0.15, 0.2) is 29.4 Å². The average molecular weight is 292 g/mol. The molecule has 1 heterocycles. The molecule has 1 amide bonds.